The van der Waals surface area contributed by atoms with Gasteiger partial charge >= 0.3 is 12.3 Å². The zero-order chi connectivity index (χ0) is 27.8. The molecule has 0 radical (unpaired) electrons. The molecule has 0 bridgehead atoms. The lowest BCUT2D eigenvalue weighted by molar-refractivity contribution is -0.187. The number of halogens is 4. The third kappa shape index (κ3) is 5.56. The maximum atomic E-state index is 13.6. The van der Waals surface area contributed by atoms with Gasteiger partial charge in [-0.25, -0.2) is 9.18 Å². The van der Waals surface area contributed by atoms with Crippen molar-refractivity contribution in [2.24, 2.45) is 11.8 Å². The van der Waals surface area contributed by atoms with Crippen molar-refractivity contribution in [1.82, 2.24) is 15.1 Å². The van der Waals surface area contributed by atoms with E-state index < -0.39 is 54.6 Å². The summed E-state index contributed by atoms with van der Waals surface area (Å²) in [7, 11) is 0. The SMILES string of the molecule is CC(C)CNC1=CC=C2C(CC[C@]23CN(CC(=O)N(Cc2ccc(F)cc2)C(C)C(F)(F)F)C(=O)O3)C1=O. The molecule has 7 nitrogen and oxygen atoms in total. The van der Waals surface area contributed by atoms with Gasteiger partial charge in [0.15, 0.2) is 11.4 Å². The molecule has 1 heterocycles. The summed E-state index contributed by atoms with van der Waals surface area (Å²) in [5.74, 6) is -1.68. The largest absolute Gasteiger partial charge is 0.436 e. The molecule has 1 saturated heterocycles. The van der Waals surface area contributed by atoms with Crippen molar-refractivity contribution in [2.45, 2.75) is 58.0 Å². The van der Waals surface area contributed by atoms with Crippen LogP contribution in [0.3, 0.4) is 0 Å². The summed E-state index contributed by atoms with van der Waals surface area (Å²) >= 11 is 0. The number of ketones is 1. The fourth-order valence-electron chi connectivity index (χ4n) is 5.13. The second kappa shape index (κ2) is 10.4. The van der Waals surface area contributed by atoms with Crippen LogP contribution in [0.4, 0.5) is 22.4 Å². The van der Waals surface area contributed by atoms with Crippen molar-refractivity contribution in [3.8, 4) is 0 Å². The van der Waals surface area contributed by atoms with E-state index in [0.717, 1.165) is 24.0 Å². The molecule has 1 saturated carbocycles. The van der Waals surface area contributed by atoms with Gasteiger partial charge in [-0.1, -0.05) is 32.1 Å². The Morgan fingerprint density at radius 3 is 2.50 bits per heavy atom. The number of allylic oxidation sites excluding steroid dienone is 3. The van der Waals surface area contributed by atoms with E-state index in [-0.39, 0.29) is 12.3 Å². The van der Waals surface area contributed by atoms with Crippen LogP contribution in [0.15, 0.2) is 47.7 Å². The second-order valence-electron chi connectivity index (χ2n) is 10.5. The Kier molecular flexibility index (Phi) is 7.58. The van der Waals surface area contributed by atoms with Crippen LogP contribution >= 0.6 is 0 Å². The van der Waals surface area contributed by atoms with Crippen molar-refractivity contribution in [1.29, 1.82) is 0 Å². The van der Waals surface area contributed by atoms with Crippen molar-refractivity contribution in [2.75, 3.05) is 19.6 Å². The van der Waals surface area contributed by atoms with Crippen LogP contribution in [0.5, 0.6) is 0 Å². The van der Waals surface area contributed by atoms with E-state index in [1.54, 1.807) is 12.2 Å². The minimum atomic E-state index is -4.71. The molecule has 206 valence electrons. The van der Waals surface area contributed by atoms with E-state index in [0.29, 0.717) is 47.0 Å². The number of carbonyl (C=O) groups is 3. The molecule has 1 aliphatic heterocycles. The number of nitrogens with one attached hydrogen (secondary N) is 1. The Bertz CT molecular complexity index is 1160. The van der Waals surface area contributed by atoms with Gasteiger partial charge in [0.1, 0.15) is 18.4 Å². The highest BCUT2D eigenvalue weighted by molar-refractivity contribution is 6.01. The van der Waals surface area contributed by atoms with Crippen LogP contribution in [0.1, 0.15) is 39.2 Å². The molecule has 0 aromatic heterocycles. The summed E-state index contributed by atoms with van der Waals surface area (Å²) in [6.07, 6.45) is -1.26. The molecule has 1 aromatic carbocycles. The summed E-state index contributed by atoms with van der Waals surface area (Å²) in [4.78, 5) is 40.7. The minimum Gasteiger partial charge on any atom is -0.436 e. The number of carbonyl (C=O) groups excluding carboxylic acids is 3. The lowest BCUT2D eigenvalue weighted by Crippen LogP contribution is -2.50. The minimum absolute atomic E-state index is 0.0411. The van der Waals surface area contributed by atoms with Gasteiger partial charge in [-0.3, -0.25) is 14.5 Å². The maximum absolute atomic E-state index is 13.6. The zero-order valence-electron chi connectivity index (χ0n) is 21.5. The van der Waals surface area contributed by atoms with Crippen LogP contribution in [0, 0.1) is 17.7 Å². The average molecular weight is 538 g/mol. The molecule has 11 heteroatoms. The molecule has 3 atom stereocenters. The lowest BCUT2D eigenvalue weighted by atomic mass is 9.85. The second-order valence-corrected chi connectivity index (χ2v) is 10.5. The average Bonchev–Trinajstić information content (AvgIpc) is 3.36. The number of ether oxygens (including phenoxy) is 1. The van der Waals surface area contributed by atoms with Crippen LogP contribution in [-0.4, -0.2) is 65.0 Å². The molecule has 2 amide bonds. The first-order valence-electron chi connectivity index (χ1n) is 12.6. The number of nitrogens with zero attached hydrogens (tertiary/aromatic N) is 2. The molecule has 2 aliphatic carbocycles. The van der Waals surface area contributed by atoms with Crippen molar-refractivity contribution in [3.63, 3.8) is 0 Å². The first kappa shape index (κ1) is 27.7. The molecule has 3 aliphatic rings. The van der Waals surface area contributed by atoms with Gasteiger partial charge in [-0.15, -0.1) is 0 Å². The molecular formula is C27H31F4N3O4. The Labute approximate surface area is 218 Å². The van der Waals surface area contributed by atoms with Gasteiger partial charge in [0.25, 0.3) is 0 Å². The summed E-state index contributed by atoms with van der Waals surface area (Å²) in [5, 5.41) is 3.15. The Morgan fingerprint density at radius 1 is 1.18 bits per heavy atom. The first-order chi connectivity index (χ1) is 17.8. The van der Waals surface area contributed by atoms with Gasteiger partial charge in [-0.2, -0.15) is 13.2 Å². The van der Waals surface area contributed by atoms with E-state index in [2.05, 4.69) is 5.32 Å². The van der Waals surface area contributed by atoms with E-state index in [1.165, 1.54) is 12.1 Å². The number of hydrogen-bond donors (Lipinski definition) is 1. The van der Waals surface area contributed by atoms with Gasteiger partial charge in [0.05, 0.1) is 12.2 Å². The molecule has 1 aromatic rings. The normalized spacial score (nSPS) is 23.8. The summed E-state index contributed by atoms with van der Waals surface area (Å²) < 4.78 is 59.8. The Hall–Kier alpha value is -3.37. The Morgan fingerprint density at radius 2 is 1.87 bits per heavy atom. The highest BCUT2D eigenvalue weighted by Gasteiger charge is 2.56. The lowest BCUT2D eigenvalue weighted by Gasteiger charge is -2.32. The predicted molar refractivity (Wildman–Crippen MR) is 130 cm³/mol. The van der Waals surface area contributed by atoms with E-state index in [1.807, 2.05) is 13.8 Å². The topological polar surface area (TPSA) is 79.0 Å². The van der Waals surface area contributed by atoms with Gasteiger partial charge < -0.3 is 15.0 Å². The number of alkyl halides is 3. The van der Waals surface area contributed by atoms with E-state index in [9.17, 15) is 31.9 Å². The summed E-state index contributed by atoms with van der Waals surface area (Å²) in [5.41, 5.74) is 0.357. The quantitative estimate of drug-likeness (QED) is 0.499. The number of amides is 2. The third-order valence-corrected chi connectivity index (χ3v) is 7.29. The van der Waals surface area contributed by atoms with Gasteiger partial charge in [-0.05, 0) is 55.0 Å². The number of rotatable bonds is 8. The Balaban J connectivity index is 1.50. The first-order valence-corrected chi connectivity index (χ1v) is 12.6. The van der Waals surface area contributed by atoms with Crippen molar-refractivity contribution < 1.29 is 36.7 Å². The van der Waals surface area contributed by atoms with Gasteiger partial charge in [0, 0.05) is 19.0 Å². The summed E-state index contributed by atoms with van der Waals surface area (Å²) in [6.45, 7) is 4.47. The molecule has 2 fully saturated rings. The van der Waals surface area contributed by atoms with Crippen molar-refractivity contribution >= 4 is 17.8 Å². The van der Waals surface area contributed by atoms with Gasteiger partial charge in [0.2, 0.25) is 5.91 Å². The molecule has 1 spiro atoms. The number of benzene rings is 1. The fraction of sp³-hybridized carbons (Fsp3) is 0.519. The molecule has 38 heavy (non-hydrogen) atoms. The highest BCUT2D eigenvalue weighted by atomic mass is 19.4. The van der Waals surface area contributed by atoms with Crippen LogP contribution in [0.2, 0.25) is 0 Å². The van der Waals surface area contributed by atoms with Crippen molar-refractivity contribution in [3.05, 3.63) is 59.1 Å². The van der Waals surface area contributed by atoms with Crippen LogP contribution in [0.25, 0.3) is 0 Å². The predicted octanol–water partition coefficient (Wildman–Crippen LogP) is 4.34. The van der Waals surface area contributed by atoms with Crippen LogP contribution < -0.4 is 5.32 Å². The number of fused-ring (bicyclic) bond motifs is 2. The molecule has 4 rings (SSSR count). The molecule has 2 unspecified atom stereocenters. The molecule has 1 N–H and O–H groups in total. The summed E-state index contributed by atoms with van der Waals surface area (Å²) in [6, 6.07) is 2.68. The maximum Gasteiger partial charge on any atom is 0.411 e. The number of hydrogen-bond acceptors (Lipinski definition) is 5. The standard InChI is InChI=1S/C27H31F4N3O4/c1-16(2)12-32-22-9-8-21-20(24(22)36)10-11-26(21)15-33(25(37)38-26)14-23(35)34(17(3)27(29,30)31)13-18-4-6-19(28)7-5-18/h4-9,16-17,20,32H,10-15H2,1-3H3/t17?,20?,26-/m0/s1. The smallest absolute Gasteiger partial charge is 0.411 e. The third-order valence-electron chi connectivity index (χ3n) is 7.29. The fourth-order valence-corrected chi connectivity index (χ4v) is 5.13. The zero-order valence-corrected chi connectivity index (χ0v) is 21.5. The number of Topliss-reactive ketones (excluding diaryl/α,β-unsaturated/α-hetero) is 1. The monoisotopic (exact) mass is 537 g/mol. The molecular weight excluding hydrogens is 506 g/mol. The van der Waals surface area contributed by atoms with E-state index in [4.69, 9.17) is 4.74 Å². The highest BCUT2D eigenvalue weighted by Crippen LogP contribution is 2.48. The van der Waals surface area contributed by atoms with Crippen LogP contribution in [-0.2, 0) is 20.9 Å². The van der Waals surface area contributed by atoms with E-state index >= 15 is 0 Å².